The van der Waals surface area contributed by atoms with Crippen LogP contribution >= 0.6 is 11.8 Å². The van der Waals surface area contributed by atoms with Crippen molar-refractivity contribution in [1.82, 2.24) is 4.90 Å². The predicted octanol–water partition coefficient (Wildman–Crippen LogP) is 6.47. The largest absolute Gasteiger partial charge is 0.497 e. The summed E-state index contributed by atoms with van der Waals surface area (Å²) in [6.45, 7) is 8.02. The highest BCUT2D eigenvalue weighted by Gasteiger charge is 2.40. The van der Waals surface area contributed by atoms with Gasteiger partial charge in [0.25, 0.3) is 5.91 Å². The van der Waals surface area contributed by atoms with Crippen LogP contribution in [0.15, 0.2) is 36.4 Å². The number of carbonyl (C=O) groups is 2. The minimum Gasteiger partial charge on any atom is -0.497 e. The summed E-state index contributed by atoms with van der Waals surface area (Å²) >= 11 is 1.22. The zero-order chi connectivity index (χ0) is 24.5. The molecule has 0 spiro atoms. The molecule has 3 rings (SSSR count). The quantitative estimate of drug-likeness (QED) is 0.455. The Morgan fingerprint density at radius 3 is 2.19 bits per heavy atom. The number of hydrogen-bond donors (Lipinski definition) is 0. The number of hydrogen-bond acceptors (Lipinski definition) is 4. The second-order valence-electron chi connectivity index (χ2n) is 6.41. The number of rotatable bonds is 6. The third kappa shape index (κ3) is 6.51. The Morgan fingerprint density at radius 1 is 1.09 bits per heavy atom. The van der Waals surface area contributed by atoms with Gasteiger partial charge in [0.1, 0.15) is 5.75 Å². The molecule has 0 aromatic heterocycles. The minimum absolute atomic E-state index is 0.0483. The fourth-order valence-corrected chi connectivity index (χ4v) is 3.60. The van der Waals surface area contributed by atoms with E-state index in [4.69, 9.17) is 4.74 Å². The summed E-state index contributed by atoms with van der Waals surface area (Å²) in [5.41, 5.74) is -0.353. The number of fused-ring (bicyclic) bond motifs is 1. The van der Waals surface area contributed by atoms with Gasteiger partial charge in [0.15, 0.2) is 5.78 Å². The number of thioether (sulfide) groups is 1. The summed E-state index contributed by atoms with van der Waals surface area (Å²) in [7, 11) is 1.53. The van der Waals surface area contributed by atoms with Gasteiger partial charge in [-0.1, -0.05) is 39.8 Å². The molecule has 0 atom stereocenters. The van der Waals surface area contributed by atoms with Crippen molar-refractivity contribution in [2.45, 2.75) is 47.0 Å². The van der Waals surface area contributed by atoms with E-state index in [0.29, 0.717) is 5.75 Å². The topological polar surface area (TPSA) is 46.6 Å². The van der Waals surface area contributed by atoms with Gasteiger partial charge in [-0.15, -0.1) is 0 Å². The molecule has 1 amide bonds. The smallest absolute Gasteiger partial charge is 0.416 e. The van der Waals surface area contributed by atoms with Crippen molar-refractivity contribution in [3.05, 3.63) is 64.2 Å². The highest BCUT2D eigenvalue weighted by Crippen LogP contribution is 2.38. The lowest BCUT2D eigenvalue weighted by Gasteiger charge is -2.16. The van der Waals surface area contributed by atoms with E-state index in [1.165, 1.54) is 29.8 Å². The average Bonchev–Trinajstić information content (AvgIpc) is 3.11. The van der Waals surface area contributed by atoms with Crippen LogP contribution in [-0.2, 0) is 19.3 Å². The molecule has 2 aromatic carbocycles. The molecule has 0 radical (unpaired) electrons. The lowest BCUT2D eigenvalue weighted by molar-refractivity contribution is -0.138. The molecule has 0 unspecified atom stereocenters. The molecule has 8 heteroatoms. The number of amides is 1. The fourth-order valence-electron chi connectivity index (χ4n) is 3.17. The highest BCUT2D eigenvalue weighted by molar-refractivity contribution is 7.99. The molecule has 176 valence electrons. The Hall–Kier alpha value is -2.48. The summed E-state index contributed by atoms with van der Waals surface area (Å²) in [4.78, 5) is 26.2. The fraction of sp³-hybridized carbons (Fsp3) is 0.417. The Bertz CT molecular complexity index is 912. The number of methoxy groups -OCH3 is 1. The van der Waals surface area contributed by atoms with Gasteiger partial charge in [0.05, 0.1) is 18.4 Å². The number of alkyl halides is 3. The van der Waals surface area contributed by atoms with Crippen molar-refractivity contribution < 1.29 is 27.5 Å². The summed E-state index contributed by atoms with van der Waals surface area (Å²) in [5, 5.41) is 0. The number of ether oxygens (including phenoxy) is 1. The average molecular weight is 470 g/mol. The third-order valence-corrected chi connectivity index (χ3v) is 5.10. The van der Waals surface area contributed by atoms with Crippen LogP contribution in [0.4, 0.5) is 13.2 Å². The maximum Gasteiger partial charge on any atom is 0.416 e. The molecule has 0 saturated carbocycles. The van der Waals surface area contributed by atoms with E-state index in [-0.39, 0.29) is 35.5 Å². The van der Waals surface area contributed by atoms with Crippen molar-refractivity contribution >= 4 is 23.5 Å². The molecule has 1 heterocycles. The van der Waals surface area contributed by atoms with Crippen molar-refractivity contribution in [1.29, 1.82) is 0 Å². The first-order chi connectivity index (χ1) is 15.2. The van der Waals surface area contributed by atoms with E-state index in [2.05, 4.69) is 0 Å². The Labute approximate surface area is 192 Å². The molecular weight excluding hydrogens is 439 g/mol. The predicted molar refractivity (Wildman–Crippen MR) is 123 cm³/mol. The van der Waals surface area contributed by atoms with Crippen LogP contribution in [0.3, 0.4) is 0 Å². The number of ketones is 1. The SMILES string of the molecule is CC.CC.COc1ccc(CN2Cc3c(cc(C(=O)CSC)cc3C(F)(F)F)C2=O)cc1. The number of carbonyl (C=O) groups excluding carboxylic acids is 2. The van der Waals surface area contributed by atoms with Gasteiger partial charge < -0.3 is 9.64 Å². The molecule has 2 aromatic rings. The summed E-state index contributed by atoms with van der Waals surface area (Å²) in [6, 6.07) is 9.12. The molecular formula is C24H30F3NO3S. The summed E-state index contributed by atoms with van der Waals surface area (Å²) in [5.74, 6) is -0.228. The van der Waals surface area contributed by atoms with Crippen LogP contribution in [0.25, 0.3) is 0 Å². The zero-order valence-electron chi connectivity index (χ0n) is 19.3. The second-order valence-corrected chi connectivity index (χ2v) is 7.28. The van der Waals surface area contributed by atoms with E-state index in [0.717, 1.165) is 11.6 Å². The summed E-state index contributed by atoms with van der Waals surface area (Å²) in [6.07, 6.45) is -2.95. The second kappa shape index (κ2) is 12.5. The van der Waals surface area contributed by atoms with Crippen LogP contribution in [-0.4, -0.2) is 35.7 Å². The number of Topliss-reactive ketones (excluding diaryl/α,β-unsaturated/α-hetero) is 1. The number of benzene rings is 2. The molecule has 1 aliphatic rings. The number of nitrogens with zero attached hydrogens (tertiary/aromatic N) is 1. The highest BCUT2D eigenvalue weighted by atomic mass is 32.2. The van der Waals surface area contributed by atoms with E-state index >= 15 is 0 Å². The van der Waals surface area contributed by atoms with E-state index in [1.54, 1.807) is 30.5 Å². The van der Waals surface area contributed by atoms with Gasteiger partial charge in [-0.3, -0.25) is 9.59 Å². The van der Waals surface area contributed by atoms with Crippen LogP contribution in [0, 0.1) is 0 Å². The molecule has 4 nitrogen and oxygen atoms in total. The van der Waals surface area contributed by atoms with Crippen molar-refractivity contribution in [2.24, 2.45) is 0 Å². The standard InChI is InChI=1S/C20H18F3NO3S.2C2H6/c1-27-14-5-3-12(4-6-14)9-24-10-16-15(19(24)26)7-13(18(25)11-28-2)8-17(16)20(21,22)23;2*1-2/h3-8H,9-11H2,1-2H3;2*1-2H3. The maximum atomic E-state index is 13.6. The number of halogens is 3. The first-order valence-electron chi connectivity index (χ1n) is 10.4. The first kappa shape index (κ1) is 27.6. The molecule has 0 fully saturated rings. The lowest BCUT2D eigenvalue weighted by atomic mass is 9.97. The Kier molecular flexibility index (Phi) is 10.8. The monoisotopic (exact) mass is 469 g/mol. The van der Waals surface area contributed by atoms with Crippen molar-refractivity contribution in [3.8, 4) is 5.75 Å². The molecule has 0 N–H and O–H groups in total. The first-order valence-corrected chi connectivity index (χ1v) is 11.8. The van der Waals surface area contributed by atoms with Crippen LogP contribution in [0.2, 0.25) is 0 Å². The maximum absolute atomic E-state index is 13.6. The van der Waals surface area contributed by atoms with Gasteiger partial charge in [0, 0.05) is 24.2 Å². The van der Waals surface area contributed by atoms with Crippen LogP contribution in [0.1, 0.15) is 65.1 Å². The lowest BCUT2D eigenvalue weighted by Crippen LogP contribution is -2.23. The van der Waals surface area contributed by atoms with Crippen molar-refractivity contribution in [2.75, 3.05) is 19.1 Å². The molecule has 32 heavy (non-hydrogen) atoms. The van der Waals surface area contributed by atoms with Gasteiger partial charge in [0.2, 0.25) is 0 Å². The van der Waals surface area contributed by atoms with Gasteiger partial charge in [-0.2, -0.15) is 24.9 Å². The van der Waals surface area contributed by atoms with Crippen LogP contribution in [0.5, 0.6) is 5.75 Å². The molecule has 0 aliphatic carbocycles. The van der Waals surface area contributed by atoms with Crippen LogP contribution < -0.4 is 4.74 Å². The van der Waals surface area contributed by atoms with Gasteiger partial charge >= 0.3 is 6.18 Å². The zero-order valence-corrected chi connectivity index (χ0v) is 20.1. The minimum atomic E-state index is -4.64. The van der Waals surface area contributed by atoms with Gasteiger partial charge in [-0.05, 0) is 41.6 Å². The molecule has 0 saturated heterocycles. The molecule has 1 aliphatic heterocycles. The van der Waals surface area contributed by atoms with E-state index in [1.807, 2.05) is 27.7 Å². The Morgan fingerprint density at radius 2 is 1.69 bits per heavy atom. The third-order valence-electron chi connectivity index (χ3n) is 4.55. The molecule has 0 bridgehead atoms. The normalized spacial score (nSPS) is 12.3. The van der Waals surface area contributed by atoms with E-state index in [9.17, 15) is 22.8 Å². The van der Waals surface area contributed by atoms with E-state index < -0.39 is 23.4 Å². The Balaban J connectivity index is 0.00000121. The van der Waals surface area contributed by atoms with Crippen molar-refractivity contribution in [3.63, 3.8) is 0 Å². The van der Waals surface area contributed by atoms with Gasteiger partial charge in [-0.25, -0.2) is 0 Å². The summed E-state index contributed by atoms with van der Waals surface area (Å²) < 4.78 is 45.8.